The number of nitrogens with zero attached hydrogens (tertiary/aromatic N) is 2. The van der Waals surface area contributed by atoms with Crippen LogP contribution in [0.2, 0.25) is 5.02 Å². The van der Waals surface area contributed by atoms with Gasteiger partial charge in [0, 0.05) is 29.6 Å². The number of amides is 1. The van der Waals surface area contributed by atoms with Gasteiger partial charge in [0.05, 0.1) is 23.9 Å². The normalized spacial score (nSPS) is 15.0. The van der Waals surface area contributed by atoms with Gasteiger partial charge in [-0.1, -0.05) is 23.7 Å². The van der Waals surface area contributed by atoms with E-state index in [1.54, 1.807) is 0 Å². The third-order valence-corrected chi connectivity index (χ3v) is 8.45. The van der Waals surface area contributed by atoms with Gasteiger partial charge in [-0.25, -0.2) is 13.4 Å². The van der Waals surface area contributed by atoms with E-state index in [0.717, 1.165) is 16.8 Å². The van der Waals surface area contributed by atoms with Gasteiger partial charge in [-0.05, 0) is 49.2 Å². The fourth-order valence-electron chi connectivity index (χ4n) is 3.30. The van der Waals surface area contributed by atoms with Gasteiger partial charge in [0.15, 0.2) is 5.13 Å². The Morgan fingerprint density at radius 3 is 2.59 bits per heavy atom. The highest BCUT2D eigenvalue weighted by molar-refractivity contribution is 7.89. The zero-order chi connectivity index (χ0) is 22.9. The molecule has 0 saturated carbocycles. The molecule has 168 valence electrons. The Morgan fingerprint density at radius 1 is 1.12 bits per heavy atom. The van der Waals surface area contributed by atoms with Crippen molar-refractivity contribution in [2.24, 2.45) is 0 Å². The largest absolute Gasteiger partial charge is 0.379 e. The van der Waals surface area contributed by atoms with Crippen LogP contribution in [0.4, 0.5) is 5.13 Å². The van der Waals surface area contributed by atoms with Gasteiger partial charge in [-0.2, -0.15) is 4.31 Å². The third-order valence-electron chi connectivity index (χ3n) is 5.31. The number of ether oxygens (including phenoxy) is 1. The van der Waals surface area contributed by atoms with E-state index in [-0.39, 0.29) is 28.6 Å². The van der Waals surface area contributed by atoms with Crippen LogP contribution in [-0.2, 0) is 14.8 Å². The number of aryl methyl sites for hydroxylation is 2. The first-order valence-electron chi connectivity index (χ1n) is 9.97. The van der Waals surface area contributed by atoms with Crippen LogP contribution in [0.15, 0.2) is 46.7 Å². The highest BCUT2D eigenvalue weighted by Crippen LogP contribution is 2.29. The van der Waals surface area contributed by atoms with Crippen LogP contribution in [0.3, 0.4) is 0 Å². The standard InChI is InChI=1S/C22H22ClN3O4S2/c1-14-3-4-16(11-15(14)2)19-13-31-22(24-19)25-21(27)17-5-6-18(23)20(12-17)32(28,29)26-7-9-30-10-8-26/h3-6,11-13H,7-10H2,1-2H3,(H,24,25,27). The number of aromatic nitrogens is 1. The van der Waals surface area contributed by atoms with Crippen molar-refractivity contribution in [3.05, 3.63) is 63.5 Å². The Hall–Kier alpha value is -2.30. The summed E-state index contributed by atoms with van der Waals surface area (Å²) in [6.45, 7) is 5.22. The monoisotopic (exact) mass is 491 g/mol. The molecule has 0 aliphatic carbocycles. The highest BCUT2D eigenvalue weighted by atomic mass is 35.5. The smallest absolute Gasteiger partial charge is 0.257 e. The number of benzene rings is 2. The first-order valence-corrected chi connectivity index (χ1v) is 12.7. The Morgan fingerprint density at radius 2 is 1.88 bits per heavy atom. The lowest BCUT2D eigenvalue weighted by atomic mass is 10.1. The molecule has 7 nitrogen and oxygen atoms in total. The number of thiazole rings is 1. The maximum Gasteiger partial charge on any atom is 0.257 e. The molecule has 2 heterocycles. The number of anilines is 1. The van der Waals surface area contributed by atoms with Gasteiger partial charge >= 0.3 is 0 Å². The van der Waals surface area contributed by atoms with Crippen molar-refractivity contribution in [3.63, 3.8) is 0 Å². The average molecular weight is 492 g/mol. The molecule has 4 rings (SSSR count). The number of carbonyl (C=O) groups is 1. The molecule has 1 N–H and O–H groups in total. The molecular weight excluding hydrogens is 470 g/mol. The SMILES string of the molecule is Cc1ccc(-c2csc(NC(=O)c3ccc(Cl)c(S(=O)(=O)N4CCOCC4)c3)n2)cc1C. The third kappa shape index (κ3) is 4.72. The van der Waals surface area contributed by atoms with Crippen LogP contribution in [0, 0.1) is 13.8 Å². The van der Waals surface area contributed by atoms with E-state index < -0.39 is 15.9 Å². The summed E-state index contributed by atoms with van der Waals surface area (Å²) in [7, 11) is -3.83. The van der Waals surface area contributed by atoms with E-state index in [9.17, 15) is 13.2 Å². The second-order valence-electron chi connectivity index (χ2n) is 7.45. The van der Waals surface area contributed by atoms with E-state index in [1.165, 1.54) is 39.4 Å². The van der Waals surface area contributed by atoms with Gasteiger partial charge in [0.25, 0.3) is 5.91 Å². The number of halogens is 1. The Kier molecular flexibility index (Phi) is 6.64. The van der Waals surface area contributed by atoms with Gasteiger partial charge < -0.3 is 4.74 Å². The zero-order valence-electron chi connectivity index (χ0n) is 17.6. The molecular formula is C22H22ClN3O4S2. The molecule has 2 aromatic carbocycles. The average Bonchev–Trinajstić information content (AvgIpc) is 3.25. The van der Waals surface area contributed by atoms with Crippen LogP contribution >= 0.6 is 22.9 Å². The van der Waals surface area contributed by atoms with Crippen LogP contribution in [0.1, 0.15) is 21.5 Å². The highest BCUT2D eigenvalue weighted by Gasteiger charge is 2.29. The van der Waals surface area contributed by atoms with Crippen LogP contribution in [-0.4, -0.2) is 49.9 Å². The predicted molar refractivity (Wildman–Crippen MR) is 126 cm³/mol. The molecule has 0 atom stereocenters. The number of sulfonamides is 1. The summed E-state index contributed by atoms with van der Waals surface area (Å²) in [4.78, 5) is 17.2. The molecule has 0 bridgehead atoms. The molecule has 3 aromatic rings. The summed E-state index contributed by atoms with van der Waals surface area (Å²) < 4.78 is 32.5. The summed E-state index contributed by atoms with van der Waals surface area (Å²) in [5, 5.41) is 5.12. The maximum atomic E-state index is 13.0. The summed E-state index contributed by atoms with van der Waals surface area (Å²) >= 11 is 7.48. The topological polar surface area (TPSA) is 88.6 Å². The number of nitrogens with one attached hydrogen (secondary N) is 1. The summed E-state index contributed by atoms with van der Waals surface area (Å²) in [5.74, 6) is -0.457. The number of morpholine rings is 1. The van der Waals surface area contributed by atoms with Crippen molar-refractivity contribution < 1.29 is 17.9 Å². The maximum absolute atomic E-state index is 13.0. The lowest BCUT2D eigenvalue weighted by Crippen LogP contribution is -2.40. The van der Waals surface area contributed by atoms with Crippen molar-refractivity contribution in [1.82, 2.24) is 9.29 Å². The quantitative estimate of drug-likeness (QED) is 0.573. The van der Waals surface area contributed by atoms with E-state index in [2.05, 4.69) is 16.4 Å². The van der Waals surface area contributed by atoms with Gasteiger partial charge in [0.2, 0.25) is 10.0 Å². The van der Waals surface area contributed by atoms with Crippen molar-refractivity contribution in [1.29, 1.82) is 0 Å². The zero-order valence-corrected chi connectivity index (χ0v) is 20.0. The number of hydrogen-bond donors (Lipinski definition) is 1. The minimum Gasteiger partial charge on any atom is -0.379 e. The van der Waals surface area contributed by atoms with E-state index in [1.807, 2.05) is 31.4 Å². The molecule has 1 aliphatic rings. The summed E-state index contributed by atoms with van der Waals surface area (Å²) in [6.07, 6.45) is 0. The molecule has 1 aliphatic heterocycles. The minimum atomic E-state index is -3.83. The fraction of sp³-hybridized carbons (Fsp3) is 0.273. The van der Waals surface area contributed by atoms with Crippen molar-refractivity contribution in [3.8, 4) is 11.3 Å². The molecule has 1 amide bonds. The minimum absolute atomic E-state index is 0.0688. The molecule has 32 heavy (non-hydrogen) atoms. The first-order chi connectivity index (χ1) is 15.3. The number of rotatable bonds is 5. The summed E-state index contributed by atoms with van der Waals surface area (Å²) in [6, 6.07) is 10.3. The molecule has 10 heteroatoms. The first kappa shape index (κ1) is 22.9. The lowest BCUT2D eigenvalue weighted by molar-refractivity contribution is 0.0730. The van der Waals surface area contributed by atoms with Crippen molar-refractivity contribution >= 4 is 44.0 Å². The van der Waals surface area contributed by atoms with Crippen molar-refractivity contribution in [2.75, 3.05) is 31.6 Å². The molecule has 0 radical (unpaired) electrons. The van der Waals surface area contributed by atoms with Crippen LogP contribution in [0.5, 0.6) is 0 Å². The van der Waals surface area contributed by atoms with Gasteiger partial charge in [-0.15, -0.1) is 11.3 Å². The molecule has 1 fully saturated rings. The Bertz CT molecular complexity index is 1270. The molecule has 1 aromatic heterocycles. The molecule has 1 saturated heterocycles. The fourth-order valence-corrected chi connectivity index (χ4v) is 5.93. The Balaban J connectivity index is 1.55. The summed E-state index contributed by atoms with van der Waals surface area (Å²) in [5.41, 5.74) is 4.28. The van der Waals surface area contributed by atoms with Crippen LogP contribution in [0.25, 0.3) is 11.3 Å². The molecule has 0 spiro atoms. The van der Waals surface area contributed by atoms with E-state index in [4.69, 9.17) is 16.3 Å². The number of hydrogen-bond acceptors (Lipinski definition) is 6. The van der Waals surface area contributed by atoms with Gasteiger partial charge in [-0.3, -0.25) is 10.1 Å². The van der Waals surface area contributed by atoms with E-state index in [0.29, 0.717) is 18.3 Å². The Labute approximate surface area is 196 Å². The van der Waals surface area contributed by atoms with Crippen molar-refractivity contribution in [2.45, 2.75) is 18.7 Å². The van der Waals surface area contributed by atoms with E-state index >= 15 is 0 Å². The lowest BCUT2D eigenvalue weighted by Gasteiger charge is -2.26. The molecule has 0 unspecified atom stereocenters. The predicted octanol–water partition coefficient (Wildman–Crippen LogP) is 4.35. The van der Waals surface area contributed by atoms with Crippen LogP contribution < -0.4 is 5.32 Å². The second kappa shape index (κ2) is 9.29. The number of carbonyl (C=O) groups excluding carboxylic acids is 1. The second-order valence-corrected chi connectivity index (χ2v) is 10.6. The van der Waals surface area contributed by atoms with Gasteiger partial charge in [0.1, 0.15) is 4.90 Å².